The van der Waals surface area contributed by atoms with Gasteiger partial charge in [0.1, 0.15) is 0 Å². The van der Waals surface area contributed by atoms with Gasteiger partial charge in [-0.1, -0.05) is 0 Å². The van der Waals surface area contributed by atoms with E-state index in [2.05, 4.69) is 15.9 Å². The minimum absolute atomic E-state index is 0.104. The van der Waals surface area contributed by atoms with Crippen LogP contribution >= 0.6 is 27.3 Å². The molecule has 0 aromatic carbocycles. The van der Waals surface area contributed by atoms with E-state index in [1.807, 2.05) is 10.8 Å². The molecule has 0 radical (unpaired) electrons. The molecule has 1 N–H and O–H groups in total. The summed E-state index contributed by atoms with van der Waals surface area (Å²) in [6, 6.07) is 0. The van der Waals surface area contributed by atoms with Crippen molar-refractivity contribution < 1.29 is 13.5 Å². The lowest BCUT2D eigenvalue weighted by molar-refractivity contribution is 0.148. The fraction of sp³-hybridized carbons (Fsp3) is 0.600. The maximum Gasteiger partial charge on any atom is 0.150 e. The Bertz CT molecular complexity index is 466. The van der Waals surface area contributed by atoms with Crippen LogP contribution in [0.3, 0.4) is 0 Å². The molecule has 1 aliphatic heterocycles. The van der Waals surface area contributed by atoms with Crippen molar-refractivity contribution in [2.75, 3.05) is 11.5 Å². The summed E-state index contributed by atoms with van der Waals surface area (Å²) in [6.45, 7) is 0. The van der Waals surface area contributed by atoms with Crippen LogP contribution in [-0.2, 0) is 9.84 Å². The second kappa shape index (κ2) is 4.76. The van der Waals surface area contributed by atoms with Crippen molar-refractivity contribution in [2.45, 2.75) is 18.9 Å². The van der Waals surface area contributed by atoms with Gasteiger partial charge in [-0.2, -0.15) is 11.3 Å². The van der Waals surface area contributed by atoms with E-state index in [4.69, 9.17) is 0 Å². The summed E-state index contributed by atoms with van der Waals surface area (Å²) in [5.74, 6) is 0.605. The van der Waals surface area contributed by atoms with Gasteiger partial charge in [0.05, 0.1) is 17.6 Å². The van der Waals surface area contributed by atoms with Crippen LogP contribution in [0.15, 0.2) is 15.2 Å². The number of sulfone groups is 1. The number of aliphatic hydroxyl groups excluding tert-OH is 1. The monoisotopic (exact) mass is 324 g/mol. The SMILES string of the molecule is O=S1(=O)CCC(CC(O)c2cscc2Br)C1. The van der Waals surface area contributed by atoms with Gasteiger partial charge in [0, 0.05) is 15.4 Å². The molecule has 2 atom stereocenters. The van der Waals surface area contributed by atoms with E-state index in [0.29, 0.717) is 12.8 Å². The molecule has 2 unspecified atom stereocenters. The summed E-state index contributed by atoms with van der Waals surface area (Å²) < 4.78 is 23.5. The van der Waals surface area contributed by atoms with Crippen LogP contribution in [0.5, 0.6) is 0 Å². The first kappa shape index (κ1) is 12.5. The molecule has 3 nitrogen and oxygen atoms in total. The predicted octanol–water partition coefficient (Wildman–Crippen LogP) is 2.37. The normalized spacial score (nSPS) is 25.8. The zero-order valence-electron chi connectivity index (χ0n) is 8.60. The summed E-state index contributed by atoms with van der Waals surface area (Å²) >= 11 is 4.90. The van der Waals surface area contributed by atoms with E-state index in [9.17, 15) is 13.5 Å². The van der Waals surface area contributed by atoms with Gasteiger partial charge in [0.15, 0.2) is 9.84 Å². The van der Waals surface area contributed by atoms with Crippen molar-refractivity contribution in [3.63, 3.8) is 0 Å². The van der Waals surface area contributed by atoms with Crippen molar-refractivity contribution in [2.24, 2.45) is 5.92 Å². The maximum absolute atomic E-state index is 11.3. The molecule has 1 aliphatic rings. The summed E-state index contributed by atoms with van der Waals surface area (Å²) in [5.41, 5.74) is 0.870. The number of hydrogen-bond donors (Lipinski definition) is 1. The number of halogens is 1. The van der Waals surface area contributed by atoms with Gasteiger partial charge in [0.25, 0.3) is 0 Å². The molecule has 6 heteroatoms. The second-order valence-electron chi connectivity index (χ2n) is 4.20. The largest absolute Gasteiger partial charge is 0.388 e. The van der Waals surface area contributed by atoms with E-state index in [-0.39, 0.29) is 17.4 Å². The maximum atomic E-state index is 11.3. The third kappa shape index (κ3) is 2.85. The zero-order valence-corrected chi connectivity index (χ0v) is 11.8. The molecule has 1 fully saturated rings. The van der Waals surface area contributed by atoms with E-state index in [1.54, 1.807) is 0 Å². The average Bonchev–Trinajstić information content (AvgIpc) is 2.72. The van der Waals surface area contributed by atoms with Crippen LogP contribution in [0.4, 0.5) is 0 Å². The van der Waals surface area contributed by atoms with Gasteiger partial charge in [-0.15, -0.1) is 0 Å². The van der Waals surface area contributed by atoms with E-state index < -0.39 is 15.9 Å². The highest BCUT2D eigenvalue weighted by Gasteiger charge is 2.30. The van der Waals surface area contributed by atoms with Gasteiger partial charge < -0.3 is 5.11 Å². The topological polar surface area (TPSA) is 54.4 Å². The number of rotatable bonds is 3. The molecule has 0 bridgehead atoms. The summed E-state index contributed by atoms with van der Waals surface area (Å²) in [7, 11) is -2.84. The third-order valence-corrected chi connectivity index (χ3v) is 6.47. The highest BCUT2D eigenvalue weighted by atomic mass is 79.9. The molecular weight excluding hydrogens is 312 g/mol. The molecule has 1 aromatic rings. The first-order valence-electron chi connectivity index (χ1n) is 5.08. The van der Waals surface area contributed by atoms with Crippen LogP contribution in [0.1, 0.15) is 24.5 Å². The highest BCUT2D eigenvalue weighted by Crippen LogP contribution is 2.33. The van der Waals surface area contributed by atoms with Crippen LogP contribution < -0.4 is 0 Å². The van der Waals surface area contributed by atoms with Gasteiger partial charge in [-0.25, -0.2) is 8.42 Å². The number of thiophene rings is 1. The molecular formula is C10H13BrO3S2. The molecule has 1 aromatic heterocycles. The molecule has 0 aliphatic carbocycles. The van der Waals surface area contributed by atoms with Gasteiger partial charge in [0.2, 0.25) is 0 Å². The average molecular weight is 325 g/mol. The number of hydrogen-bond acceptors (Lipinski definition) is 4. The molecule has 2 heterocycles. The van der Waals surface area contributed by atoms with Crippen LogP contribution in [-0.4, -0.2) is 25.0 Å². The Morgan fingerprint density at radius 2 is 2.31 bits per heavy atom. The second-order valence-corrected chi connectivity index (χ2v) is 8.02. The Labute approximate surface area is 108 Å². The lowest BCUT2D eigenvalue weighted by Crippen LogP contribution is -2.09. The van der Waals surface area contributed by atoms with Crippen molar-refractivity contribution in [3.8, 4) is 0 Å². The van der Waals surface area contributed by atoms with E-state index in [1.165, 1.54) is 11.3 Å². The van der Waals surface area contributed by atoms with E-state index in [0.717, 1.165) is 10.0 Å². The Morgan fingerprint density at radius 1 is 1.56 bits per heavy atom. The minimum Gasteiger partial charge on any atom is -0.388 e. The molecule has 0 spiro atoms. The smallest absolute Gasteiger partial charge is 0.150 e. The van der Waals surface area contributed by atoms with Crippen molar-refractivity contribution >= 4 is 37.1 Å². The van der Waals surface area contributed by atoms with Gasteiger partial charge >= 0.3 is 0 Å². The van der Waals surface area contributed by atoms with Crippen molar-refractivity contribution in [1.29, 1.82) is 0 Å². The minimum atomic E-state index is -2.84. The standard InChI is InChI=1S/C10H13BrO3S2/c11-9-5-15-4-8(9)10(12)3-7-1-2-16(13,14)6-7/h4-5,7,10,12H,1-3,6H2. The first-order chi connectivity index (χ1) is 7.48. The summed E-state index contributed by atoms with van der Waals surface area (Å²) in [5, 5.41) is 13.8. The highest BCUT2D eigenvalue weighted by molar-refractivity contribution is 9.10. The summed E-state index contributed by atoms with van der Waals surface area (Å²) in [6.07, 6.45) is 0.661. The van der Waals surface area contributed by atoms with Crippen LogP contribution in [0, 0.1) is 5.92 Å². The van der Waals surface area contributed by atoms with Gasteiger partial charge in [-0.05, 0) is 40.1 Å². The molecule has 90 valence electrons. The Kier molecular flexibility index (Phi) is 3.73. The van der Waals surface area contributed by atoms with Crippen molar-refractivity contribution in [1.82, 2.24) is 0 Å². The Balaban J connectivity index is 1.99. The molecule has 1 saturated heterocycles. The molecule has 2 rings (SSSR count). The Hall–Kier alpha value is 0.0900. The van der Waals surface area contributed by atoms with Crippen molar-refractivity contribution in [3.05, 3.63) is 20.8 Å². The van der Waals surface area contributed by atoms with E-state index >= 15 is 0 Å². The lowest BCUT2D eigenvalue weighted by atomic mass is 9.98. The zero-order chi connectivity index (χ0) is 11.8. The van der Waals surface area contributed by atoms with Gasteiger partial charge in [-0.3, -0.25) is 0 Å². The van der Waals surface area contributed by atoms with Crippen LogP contribution in [0.25, 0.3) is 0 Å². The number of aliphatic hydroxyl groups is 1. The molecule has 0 amide bonds. The third-order valence-electron chi connectivity index (χ3n) is 2.88. The van der Waals surface area contributed by atoms with Crippen LogP contribution in [0.2, 0.25) is 0 Å². The summed E-state index contributed by atoms with van der Waals surface area (Å²) in [4.78, 5) is 0. The fourth-order valence-electron chi connectivity index (χ4n) is 2.03. The molecule has 16 heavy (non-hydrogen) atoms. The Morgan fingerprint density at radius 3 is 2.81 bits per heavy atom. The molecule has 0 saturated carbocycles. The predicted molar refractivity (Wildman–Crippen MR) is 68.4 cm³/mol. The lowest BCUT2D eigenvalue weighted by Gasteiger charge is -2.13. The first-order valence-corrected chi connectivity index (χ1v) is 8.64. The fourth-order valence-corrected chi connectivity index (χ4v) is 5.52. The quantitative estimate of drug-likeness (QED) is 0.928.